The van der Waals surface area contributed by atoms with Crippen molar-refractivity contribution < 1.29 is 9.50 Å². The Morgan fingerprint density at radius 3 is 2.61 bits per heavy atom. The van der Waals surface area contributed by atoms with Gasteiger partial charge < -0.3 is 5.11 Å². The van der Waals surface area contributed by atoms with Crippen molar-refractivity contribution in [2.24, 2.45) is 5.41 Å². The zero-order valence-corrected chi connectivity index (χ0v) is 11.5. The van der Waals surface area contributed by atoms with E-state index in [0.29, 0.717) is 17.0 Å². The first kappa shape index (κ1) is 13.8. The lowest BCUT2D eigenvalue weighted by Crippen LogP contribution is -2.36. The van der Waals surface area contributed by atoms with Crippen molar-refractivity contribution in [2.45, 2.75) is 51.6 Å². The minimum atomic E-state index is -0.478. The van der Waals surface area contributed by atoms with Crippen LogP contribution in [0.5, 0.6) is 0 Å². The third-order valence-electron chi connectivity index (χ3n) is 4.23. The molecule has 2 rings (SSSR count). The monoisotopic (exact) mass is 270 g/mol. The molecule has 0 aromatic heterocycles. The molecule has 0 spiro atoms. The second-order valence-corrected chi connectivity index (χ2v) is 6.11. The van der Waals surface area contributed by atoms with Crippen molar-refractivity contribution in [2.75, 3.05) is 0 Å². The van der Waals surface area contributed by atoms with Gasteiger partial charge in [0.1, 0.15) is 5.82 Å². The van der Waals surface area contributed by atoms with E-state index in [-0.39, 0.29) is 11.2 Å². The first-order valence-electron chi connectivity index (χ1n) is 6.63. The van der Waals surface area contributed by atoms with Crippen LogP contribution in [0.2, 0.25) is 5.02 Å². The highest BCUT2D eigenvalue weighted by Crippen LogP contribution is 2.40. The molecule has 0 saturated heterocycles. The van der Waals surface area contributed by atoms with E-state index in [1.54, 1.807) is 12.1 Å². The molecule has 18 heavy (non-hydrogen) atoms. The van der Waals surface area contributed by atoms with Crippen molar-refractivity contribution in [3.63, 3.8) is 0 Å². The van der Waals surface area contributed by atoms with E-state index in [1.807, 2.05) is 0 Å². The molecule has 0 heterocycles. The van der Waals surface area contributed by atoms with Crippen LogP contribution in [0.25, 0.3) is 0 Å². The molecule has 1 atom stereocenters. The molecule has 1 aromatic rings. The molecule has 1 N–H and O–H groups in total. The highest BCUT2D eigenvalue weighted by molar-refractivity contribution is 6.30. The maximum absolute atomic E-state index is 13.7. The Morgan fingerprint density at radius 1 is 1.33 bits per heavy atom. The second kappa shape index (κ2) is 5.58. The van der Waals surface area contributed by atoms with Gasteiger partial charge in [-0.05, 0) is 36.0 Å². The summed E-state index contributed by atoms with van der Waals surface area (Å²) < 4.78 is 13.7. The van der Waals surface area contributed by atoms with Crippen LogP contribution in [0.1, 0.15) is 44.6 Å². The number of hydrogen-bond acceptors (Lipinski definition) is 1. The summed E-state index contributed by atoms with van der Waals surface area (Å²) >= 11 is 5.73. The second-order valence-electron chi connectivity index (χ2n) is 5.67. The van der Waals surface area contributed by atoms with E-state index in [0.717, 1.165) is 25.7 Å². The van der Waals surface area contributed by atoms with Crippen LogP contribution in [0, 0.1) is 11.2 Å². The van der Waals surface area contributed by atoms with Crippen LogP contribution < -0.4 is 0 Å². The van der Waals surface area contributed by atoms with Gasteiger partial charge in [0.25, 0.3) is 0 Å². The lowest BCUT2D eigenvalue weighted by molar-refractivity contribution is 0.00989. The predicted molar refractivity (Wildman–Crippen MR) is 72.3 cm³/mol. The molecule has 1 aliphatic carbocycles. The Bertz CT molecular complexity index is 413. The average molecular weight is 271 g/mol. The van der Waals surface area contributed by atoms with E-state index in [1.165, 1.54) is 12.5 Å². The van der Waals surface area contributed by atoms with E-state index in [2.05, 4.69) is 6.92 Å². The summed E-state index contributed by atoms with van der Waals surface area (Å²) in [4.78, 5) is 0. The SMILES string of the molecule is CC1(C(O)Cc2ccc(Cl)cc2F)CCCCC1. The van der Waals surface area contributed by atoms with Gasteiger partial charge in [-0.25, -0.2) is 4.39 Å². The maximum Gasteiger partial charge on any atom is 0.127 e. The molecular formula is C15H20ClFO. The molecule has 1 unspecified atom stereocenters. The molecular weight excluding hydrogens is 251 g/mol. The Labute approximate surface area is 113 Å². The Morgan fingerprint density at radius 2 is 2.00 bits per heavy atom. The third-order valence-corrected chi connectivity index (χ3v) is 4.46. The fraction of sp³-hybridized carbons (Fsp3) is 0.600. The Hall–Kier alpha value is -0.600. The topological polar surface area (TPSA) is 20.2 Å². The van der Waals surface area contributed by atoms with Gasteiger partial charge in [0, 0.05) is 11.4 Å². The molecule has 1 aliphatic rings. The van der Waals surface area contributed by atoms with Gasteiger partial charge in [0.15, 0.2) is 0 Å². The molecule has 3 heteroatoms. The maximum atomic E-state index is 13.7. The van der Waals surface area contributed by atoms with Gasteiger partial charge in [-0.3, -0.25) is 0 Å². The smallest absolute Gasteiger partial charge is 0.127 e. The summed E-state index contributed by atoms with van der Waals surface area (Å²) in [5.41, 5.74) is 0.489. The molecule has 1 aromatic carbocycles. The molecule has 1 nitrogen and oxygen atoms in total. The summed E-state index contributed by atoms with van der Waals surface area (Å²) in [6.07, 6.45) is 5.53. The summed E-state index contributed by atoms with van der Waals surface area (Å²) in [7, 11) is 0. The van der Waals surface area contributed by atoms with Crippen molar-refractivity contribution in [1.82, 2.24) is 0 Å². The van der Waals surface area contributed by atoms with Crippen LogP contribution in [0.3, 0.4) is 0 Å². The fourth-order valence-corrected chi connectivity index (χ4v) is 2.99. The fourth-order valence-electron chi connectivity index (χ4n) is 2.83. The van der Waals surface area contributed by atoms with Crippen molar-refractivity contribution >= 4 is 11.6 Å². The molecule has 1 saturated carbocycles. The van der Waals surface area contributed by atoms with Gasteiger partial charge in [0.05, 0.1) is 6.10 Å². The van der Waals surface area contributed by atoms with Gasteiger partial charge in [-0.15, -0.1) is 0 Å². The van der Waals surface area contributed by atoms with Crippen molar-refractivity contribution in [1.29, 1.82) is 0 Å². The van der Waals surface area contributed by atoms with Gasteiger partial charge in [-0.2, -0.15) is 0 Å². The zero-order valence-electron chi connectivity index (χ0n) is 10.8. The van der Waals surface area contributed by atoms with Crippen LogP contribution in [0.4, 0.5) is 4.39 Å². The van der Waals surface area contributed by atoms with E-state index >= 15 is 0 Å². The van der Waals surface area contributed by atoms with E-state index in [9.17, 15) is 9.50 Å². The van der Waals surface area contributed by atoms with Gasteiger partial charge >= 0.3 is 0 Å². The number of benzene rings is 1. The normalized spacial score (nSPS) is 20.7. The predicted octanol–water partition coefficient (Wildman–Crippen LogP) is 4.35. The summed E-state index contributed by atoms with van der Waals surface area (Å²) in [6.45, 7) is 2.12. The van der Waals surface area contributed by atoms with E-state index < -0.39 is 6.10 Å². The number of halogens is 2. The zero-order chi connectivity index (χ0) is 13.2. The summed E-state index contributed by atoms with van der Waals surface area (Å²) in [5, 5.41) is 10.8. The largest absolute Gasteiger partial charge is 0.392 e. The lowest BCUT2D eigenvalue weighted by Gasteiger charge is -2.38. The highest BCUT2D eigenvalue weighted by atomic mass is 35.5. The van der Waals surface area contributed by atoms with Crippen LogP contribution in [0.15, 0.2) is 18.2 Å². The highest BCUT2D eigenvalue weighted by Gasteiger charge is 2.34. The number of aliphatic hydroxyl groups is 1. The first-order chi connectivity index (χ1) is 8.51. The quantitative estimate of drug-likeness (QED) is 0.866. The molecule has 0 aliphatic heterocycles. The molecule has 1 fully saturated rings. The first-order valence-corrected chi connectivity index (χ1v) is 7.01. The molecule has 0 radical (unpaired) electrons. The number of aliphatic hydroxyl groups excluding tert-OH is 1. The molecule has 100 valence electrons. The standard InChI is InChI=1S/C15H20ClFO/c1-15(7-3-2-4-8-15)14(18)9-11-5-6-12(16)10-13(11)17/h5-6,10,14,18H,2-4,7-9H2,1H3. The summed E-state index contributed by atoms with van der Waals surface area (Å²) in [5.74, 6) is -0.319. The Kier molecular flexibility index (Phi) is 4.29. The summed E-state index contributed by atoms with van der Waals surface area (Å²) in [6, 6.07) is 4.66. The van der Waals surface area contributed by atoms with Crippen LogP contribution >= 0.6 is 11.6 Å². The van der Waals surface area contributed by atoms with Gasteiger partial charge in [-0.1, -0.05) is 43.9 Å². The number of hydrogen-bond donors (Lipinski definition) is 1. The number of rotatable bonds is 3. The van der Waals surface area contributed by atoms with Crippen LogP contribution in [-0.4, -0.2) is 11.2 Å². The van der Waals surface area contributed by atoms with E-state index in [4.69, 9.17) is 11.6 Å². The van der Waals surface area contributed by atoms with Crippen molar-refractivity contribution in [3.05, 3.63) is 34.6 Å². The molecule has 0 amide bonds. The minimum Gasteiger partial charge on any atom is -0.392 e. The van der Waals surface area contributed by atoms with Crippen LogP contribution in [-0.2, 0) is 6.42 Å². The average Bonchev–Trinajstić information content (AvgIpc) is 2.33. The Balaban J connectivity index is 2.08. The van der Waals surface area contributed by atoms with Crippen molar-refractivity contribution in [3.8, 4) is 0 Å². The lowest BCUT2D eigenvalue weighted by atomic mass is 9.70. The molecule has 0 bridgehead atoms. The van der Waals surface area contributed by atoms with Gasteiger partial charge in [0.2, 0.25) is 0 Å². The minimum absolute atomic E-state index is 0.0652. The third kappa shape index (κ3) is 3.04.